The Morgan fingerprint density at radius 2 is 1.61 bits per heavy atom. The molecule has 0 N–H and O–H groups in total. The molecule has 0 spiro atoms. The Morgan fingerprint density at radius 1 is 1.00 bits per heavy atom. The van der Waals surface area contributed by atoms with E-state index in [2.05, 4.69) is 0 Å². The van der Waals surface area contributed by atoms with Crippen LogP contribution in [0.2, 0.25) is 0 Å². The minimum Gasteiger partial charge on any atom is -0.425 e. The van der Waals surface area contributed by atoms with Gasteiger partial charge in [-0.2, -0.15) is 0 Å². The molecule has 4 nitrogen and oxygen atoms in total. The molecule has 1 aliphatic heterocycles. The molecule has 5 heteroatoms. The SMILES string of the molecule is O=C(c1ccc(F)cc1)c1ccc(OC(=O)[C@@H]2CCCO2)cc1. The van der Waals surface area contributed by atoms with Gasteiger partial charge in [0.05, 0.1) is 0 Å². The van der Waals surface area contributed by atoms with E-state index in [1.807, 2.05) is 0 Å². The van der Waals surface area contributed by atoms with E-state index in [-0.39, 0.29) is 5.78 Å². The third-order valence-electron chi connectivity index (χ3n) is 3.63. The average molecular weight is 314 g/mol. The standard InChI is InChI=1S/C18H15FO4/c19-14-7-3-12(4-8-14)17(20)13-5-9-15(10-6-13)23-18(21)16-2-1-11-22-16/h3-10,16H,1-2,11H2/t16-/m0/s1. The van der Waals surface area contributed by atoms with Crippen LogP contribution >= 0.6 is 0 Å². The van der Waals surface area contributed by atoms with Crippen LogP contribution in [0, 0.1) is 5.82 Å². The van der Waals surface area contributed by atoms with Crippen molar-refractivity contribution >= 4 is 11.8 Å². The van der Waals surface area contributed by atoms with E-state index < -0.39 is 17.9 Å². The topological polar surface area (TPSA) is 52.6 Å². The second-order valence-corrected chi connectivity index (χ2v) is 5.28. The van der Waals surface area contributed by atoms with Crippen molar-refractivity contribution in [2.75, 3.05) is 6.61 Å². The molecule has 1 atom stereocenters. The summed E-state index contributed by atoms with van der Waals surface area (Å²) in [7, 11) is 0. The van der Waals surface area contributed by atoms with Crippen molar-refractivity contribution in [1.29, 1.82) is 0 Å². The van der Waals surface area contributed by atoms with Gasteiger partial charge in [0.1, 0.15) is 11.6 Å². The van der Waals surface area contributed by atoms with E-state index in [1.54, 1.807) is 24.3 Å². The summed E-state index contributed by atoms with van der Waals surface area (Å²) in [6, 6.07) is 11.6. The largest absolute Gasteiger partial charge is 0.425 e. The predicted octanol–water partition coefficient (Wildman–Crippen LogP) is 3.14. The van der Waals surface area contributed by atoms with E-state index >= 15 is 0 Å². The second-order valence-electron chi connectivity index (χ2n) is 5.28. The molecule has 2 aromatic carbocycles. The summed E-state index contributed by atoms with van der Waals surface area (Å²) in [4.78, 5) is 24.1. The molecular weight excluding hydrogens is 299 g/mol. The van der Waals surface area contributed by atoms with Gasteiger partial charge in [-0.15, -0.1) is 0 Å². The summed E-state index contributed by atoms with van der Waals surface area (Å²) in [6.07, 6.45) is 1.01. The lowest BCUT2D eigenvalue weighted by Crippen LogP contribution is -2.24. The van der Waals surface area contributed by atoms with Gasteiger partial charge in [-0.05, 0) is 61.4 Å². The van der Waals surface area contributed by atoms with Crippen LogP contribution in [0.1, 0.15) is 28.8 Å². The number of ketones is 1. The summed E-state index contributed by atoms with van der Waals surface area (Å²) >= 11 is 0. The highest BCUT2D eigenvalue weighted by Crippen LogP contribution is 2.19. The van der Waals surface area contributed by atoms with Gasteiger partial charge in [-0.25, -0.2) is 9.18 Å². The fraction of sp³-hybridized carbons (Fsp3) is 0.222. The van der Waals surface area contributed by atoms with E-state index in [4.69, 9.17) is 9.47 Å². The van der Waals surface area contributed by atoms with E-state index in [0.29, 0.717) is 29.9 Å². The molecule has 1 fully saturated rings. The van der Waals surface area contributed by atoms with Crippen LogP contribution in [-0.4, -0.2) is 24.5 Å². The molecular formula is C18H15FO4. The number of halogens is 1. The minimum absolute atomic E-state index is 0.220. The van der Waals surface area contributed by atoms with Gasteiger partial charge >= 0.3 is 5.97 Å². The third kappa shape index (κ3) is 3.63. The van der Waals surface area contributed by atoms with Crippen LogP contribution in [0.15, 0.2) is 48.5 Å². The number of esters is 1. The Morgan fingerprint density at radius 3 is 2.17 bits per heavy atom. The maximum absolute atomic E-state index is 12.9. The number of hydrogen-bond acceptors (Lipinski definition) is 4. The van der Waals surface area contributed by atoms with Gasteiger partial charge in [0.15, 0.2) is 11.9 Å². The molecule has 1 heterocycles. The summed E-state index contributed by atoms with van der Waals surface area (Å²) in [6.45, 7) is 0.574. The first-order valence-corrected chi connectivity index (χ1v) is 7.37. The Labute approximate surface area is 132 Å². The van der Waals surface area contributed by atoms with Crippen molar-refractivity contribution < 1.29 is 23.5 Å². The predicted molar refractivity (Wildman–Crippen MR) is 80.9 cm³/mol. The number of carbonyl (C=O) groups excluding carboxylic acids is 2. The van der Waals surface area contributed by atoms with E-state index in [9.17, 15) is 14.0 Å². The Balaban J connectivity index is 1.67. The third-order valence-corrected chi connectivity index (χ3v) is 3.63. The zero-order valence-electron chi connectivity index (χ0n) is 12.3. The van der Waals surface area contributed by atoms with Gasteiger partial charge in [0.25, 0.3) is 0 Å². The van der Waals surface area contributed by atoms with Gasteiger partial charge in [0, 0.05) is 17.7 Å². The van der Waals surface area contributed by atoms with Crippen LogP contribution in [0.4, 0.5) is 4.39 Å². The molecule has 0 saturated carbocycles. The number of benzene rings is 2. The van der Waals surface area contributed by atoms with Crippen molar-refractivity contribution in [3.8, 4) is 5.75 Å². The Kier molecular flexibility index (Phi) is 4.48. The average Bonchev–Trinajstić information content (AvgIpc) is 3.10. The Bertz CT molecular complexity index is 701. The summed E-state index contributed by atoms with van der Waals surface area (Å²) in [5, 5.41) is 0. The fourth-order valence-electron chi connectivity index (χ4n) is 2.39. The minimum atomic E-state index is -0.504. The van der Waals surface area contributed by atoms with Crippen LogP contribution in [0.25, 0.3) is 0 Å². The maximum atomic E-state index is 12.9. The van der Waals surface area contributed by atoms with Crippen LogP contribution < -0.4 is 4.74 Å². The molecule has 1 aliphatic rings. The van der Waals surface area contributed by atoms with Crippen LogP contribution in [0.3, 0.4) is 0 Å². The molecule has 0 aliphatic carbocycles. The van der Waals surface area contributed by atoms with Crippen molar-refractivity contribution in [2.24, 2.45) is 0 Å². The Hall–Kier alpha value is -2.53. The zero-order chi connectivity index (χ0) is 16.2. The quantitative estimate of drug-likeness (QED) is 0.494. The highest BCUT2D eigenvalue weighted by molar-refractivity contribution is 6.09. The number of rotatable bonds is 4. The van der Waals surface area contributed by atoms with Gasteiger partial charge in [-0.3, -0.25) is 4.79 Å². The molecule has 0 unspecified atom stereocenters. The van der Waals surface area contributed by atoms with E-state index in [1.165, 1.54) is 24.3 Å². The molecule has 23 heavy (non-hydrogen) atoms. The van der Waals surface area contributed by atoms with E-state index in [0.717, 1.165) is 6.42 Å². The molecule has 2 aromatic rings. The van der Waals surface area contributed by atoms with Crippen LogP contribution in [-0.2, 0) is 9.53 Å². The summed E-state index contributed by atoms with van der Waals surface area (Å²) in [5.41, 5.74) is 0.837. The number of hydrogen-bond donors (Lipinski definition) is 0. The lowest BCUT2D eigenvalue weighted by Gasteiger charge is -2.09. The molecule has 118 valence electrons. The molecule has 1 saturated heterocycles. The molecule has 3 rings (SSSR count). The number of carbonyl (C=O) groups is 2. The van der Waals surface area contributed by atoms with Crippen molar-refractivity contribution in [3.05, 3.63) is 65.5 Å². The zero-order valence-corrected chi connectivity index (χ0v) is 12.3. The molecule has 0 bridgehead atoms. The molecule has 0 radical (unpaired) electrons. The lowest BCUT2D eigenvalue weighted by molar-refractivity contribution is -0.144. The monoisotopic (exact) mass is 314 g/mol. The van der Waals surface area contributed by atoms with Gasteiger partial charge in [0.2, 0.25) is 0 Å². The number of ether oxygens (including phenoxy) is 2. The smallest absolute Gasteiger partial charge is 0.340 e. The molecule has 0 aromatic heterocycles. The highest BCUT2D eigenvalue weighted by Gasteiger charge is 2.25. The highest BCUT2D eigenvalue weighted by atomic mass is 19.1. The normalized spacial score (nSPS) is 17.0. The first-order valence-electron chi connectivity index (χ1n) is 7.37. The molecule has 0 amide bonds. The van der Waals surface area contributed by atoms with Crippen molar-refractivity contribution in [1.82, 2.24) is 0 Å². The summed E-state index contributed by atoms with van der Waals surface area (Å²) in [5.74, 6) is -0.666. The fourth-order valence-corrected chi connectivity index (χ4v) is 2.39. The van der Waals surface area contributed by atoms with Crippen LogP contribution in [0.5, 0.6) is 5.75 Å². The lowest BCUT2D eigenvalue weighted by atomic mass is 10.0. The van der Waals surface area contributed by atoms with Gasteiger partial charge < -0.3 is 9.47 Å². The van der Waals surface area contributed by atoms with Crippen molar-refractivity contribution in [2.45, 2.75) is 18.9 Å². The summed E-state index contributed by atoms with van der Waals surface area (Å²) < 4.78 is 23.4. The second kappa shape index (κ2) is 6.71. The maximum Gasteiger partial charge on any atom is 0.340 e. The van der Waals surface area contributed by atoms with Crippen molar-refractivity contribution in [3.63, 3.8) is 0 Å². The first-order chi connectivity index (χ1) is 11.1. The van der Waals surface area contributed by atoms with Gasteiger partial charge in [-0.1, -0.05) is 0 Å². The first kappa shape index (κ1) is 15.4.